The standard InChI is InChI=1S/C19H25BO8/c1-18(2)19(3,4)28-20(27-18)14-8-11(7-12(10-21)16(14)23)13(17(24)26-6)9-15(22)25-5/h7-8,10,13,23H,9H2,1-6H3. The average Bonchev–Trinajstić information content (AvgIpc) is 2.86. The zero-order chi connectivity index (χ0) is 21.3. The molecule has 1 aromatic rings. The van der Waals surface area contributed by atoms with Crippen LogP contribution in [0.3, 0.4) is 0 Å². The maximum absolute atomic E-state index is 12.2. The molecule has 0 aromatic heterocycles. The van der Waals surface area contributed by atoms with Crippen LogP contribution in [0.15, 0.2) is 12.1 Å². The van der Waals surface area contributed by atoms with Gasteiger partial charge in [0, 0.05) is 5.46 Å². The Morgan fingerprint density at radius 3 is 2.18 bits per heavy atom. The lowest BCUT2D eigenvalue weighted by Gasteiger charge is -2.32. The molecule has 9 heteroatoms. The summed E-state index contributed by atoms with van der Waals surface area (Å²) < 4.78 is 21.3. The van der Waals surface area contributed by atoms with Gasteiger partial charge in [-0.25, -0.2) is 0 Å². The number of aromatic hydroxyl groups is 1. The Balaban J connectivity index is 2.55. The smallest absolute Gasteiger partial charge is 0.498 e. The second-order valence-corrected chi connectivity index (χ2v) is 7.61. The predicted octanol–water partition coefficient (Wildman–Crippen LogP) is 1.32. The van der Waals surface area contributed by atoms with Gasteiger partial charge in [-0.2, -0.15) is 0 Å². The van der Waals surface area contributed by atoms with Gasteiger partial charge in [-0.05, 0) is 39.3 Å². The normalized spacial score (nSPS) is 18.4. The van der Waals surface area contributed by atoms with Gasteiger partial charge in [0.2, 0.25) is 0 Å². The highest BCUT2D eigenvalue weighted by Gasteiger charge is 2.52. The van der Waals surface area contributed by atoms with E-state index in [0.717, 1.165) is 0 Å². The van der Waals surface area contributed by atoms with E-state index in [2.05, 4.69) is 4.74 Å². The molecule has 1 unspecified atom stereocenters. The van der Waals surface area contributed by atoms with Crippen LogP contribution in [0.2, 0.25) is 0 Å². The van der Waals surface area contributed by atoms with Crippen LogP contribution in [-0.4, -0.2) is 55.9 Å². The van der Waals surface area contributed by atoms with Crippen LogP contribution in [0.1, 0.15) is 56.0 Å². The fraction of sp³-hybridized carbons (Fsp3) is 0.526. The van der Waals surface area contributed by atoms with E-state index in [1.807, 2.05) is 27.7 Å². The van der Waals surface area contributed by atoms with Crippen molar-refractivity contribution in [3.63, 3.8) is 0 Å². The number of aldehydes is 1. The van der Waals surface area contributed by atoms with E-state index in [-0.39, 0.29) is 23.2 Å². The summed E-state index contributed by atoms with van der Waals surface area (Å²) in [7, 11) is 1.45. The molecule has 0 amide bonds. The number of methoxy groups -OCH3 is 2. The first-order valence-electron chi connectivity index (χ1n) is 8.79. The predicted molar refractivity (Wildman–Crippen MR) is 101 cm³/mol. The largest absolute Gasteiger partial charge is 0.508 e. The molecule has 1 atom stereocenters. The number of phenols is 1. The molecule has 1 aliphatic heterocycles. The number of esters is 2. The Bertz CT molecular complexity index is 770. The first kappa shape index (κ1) is 21.9. The number of hydrogen-bond acceptors (Lipinski definition) is 8. The summed E-state index contributed by atoms with van der Waals surface area (Å²) in [6.07, 6.45) is 0.176. The van der Waals surface area contributed by atoms with Gasteiger partial charge in [0.25, 0.3) is 0 Å². The summed E-state index contributed by atoms with van der Waals surface area (Å²) in [4.78, 5) is 35.5. The molecule has 0 saturated carbocycles. The summed E-state index contributed by atoms with van der Waals surface area (Å²) in [5.74, 6) is -2.61. The fourth-order valence-corrected chi connectivity index (χ4v) is 2.87. The number of rotatable bonds is 6. The molecule has 0 bridgehead atoms. The van der Waals surface area contributed by atoms with Gasteiger partial charge in [-0.3, -0.25) is 14.4 Å². The SMILES string of the molecule is COC(=O)CC(C(=O)OC)c1cc(C=O)c(O)c(B2OC(C)(C)C(C)(C)O2)c1. The molecule has 152 valence electrons. The van der Waals surface area contributed by atoms with Crippen LogP contribution in [0.5, 0.6) is 5.75 Å². The molecule has 0 aliphatic carbocycles. The number of carbonyl (C=O) groups excluding carboxylic acids is 3. The number of ether oxygens (including phenoxy) is 2. The van der Waals surface area contributed by atoms with Crippen LogP contribution in [-0.2, 0) is 28.4 Å². The third-order valence-electron chi connectivity index (χ3n) is 5.31. The van der Waals surface area contributed by atoms with Gasteiger partial charge >= 0.3 is 19.1 Å². The highest BCUT2D eigenvalue weighted by atomic mass is 16.7. The van der Waals surface area contributed by atoms with E-state index in [1.165, 1.54) is 26.4 Å². The van der Waals surface area contributed by atoms with Crippen LogP contribution < -0.4 is 5.46 Å². The Hall–Kier alpha value is -2.39. The Morgan fingerprint density at radius 1 is 1.14 bits per heavy atom. The summed E-state index contributed by atoms with van der Waals surface area (Å²) in [5.41, 5.74) is -0.898. The first-order chi connectivity index (χ1) is 13.0. The number of phenolic OH excluding ortho intramolecular Hbond substituents is 1. The van der Waals surface area contributed by atoms with Crippen molar-refractivity contribution in [1.82, 2.24) is 0 Å². The molecule has 28 heavy (non-hydrogen) atoms. The summed E-state index contributed by atoms with van der Waals surface area (Å²) in [5, 5.41) is 10.5. The van der Waals surface area contributed by atoms with Crippen molar-refractivity contribution < 1.29 is 38.3 Å². The lowest BCUT2D eigenvalue weighted by atomic mass is 9.75. The maximum Gasteiger partial charge on any atom is 0.498 e. The van der Waals surface area contributed by atoms with Gasteiger partial charge in [0.15, 0.2) is 6.29 Å². The number of carbonyl (C=O) groups is 3. The van der Waals surface area contributed by atoms with Crippen molar-refractivity contribution in [2.24, 2.45) is 0 Å². The molecule has 8 nitrogen and oxygen atoms in total. The lowest BCUT2D eigenvalue weighted by Crippen LogP contribution is -2.41. The first-order valence-corrected chi connectivity index (χ1v) is 8.79. The monoisotopic (exact) mass is 392 g/mol. The van der Waals surface area contributed by atoms with Crippen molar-refractivity contribution in [1.29, 1.82) is 0 Å². The van der Waals surface area contributed by atoms with E-state index in [4.69, 9.17) is 14.0 Å². The Kier molecular flexibility index (Phi) is 6.20. The minimum absolute atomic E-state index is 0.0546. The summed E-state index contributed by atoms with van der Waals surface area (Å²) >= 11 is 0. The summed E-state index contributed by atoms with van der Waals surface area (Å²) in [6.45, 7) is 7.40. The molecular weight excluding hydrogens is 367 g/mol. The van der Waals surface area contributed by atoms with E-state index in [9.17, 15) is 19.5 Å². The average molecular weight is 392 g/mol. The van der Waals surface area contributed by atoms with Gasteiger partial charge in [0.05, 0.1) is 43.3 Å². The van der Waals surface area contributed by atoms with Gasteiger partial charge in [-0.15, -0.1) is 0 Å². The van der Waals surface area contributed by atoms with Gasteiger partial charge in [0.1, 0.15) is 5.75 Å². The van der Waals surface area contributed by atoms with Crippen LogP contribution in [0.25, 0.3) is 0 Å². The maximum atomic E-state index is 12.2. The van der Waals surface area contributed by atoms with Crippen molar-refractivity contribution in [2.75, 3.05) is 14.2 Å². The Labute approximate surface area is 164 Å². The van der Waals surface area contributed by atoms with E-state index in [1.54, 1.807) is 0 Å². The number of hydrogen-bond donors (Lipinski definition) is 1. The minimum atomic E-state index is -1.02. The highest BCUT2D eigenvalue weighted by Crippen LogP contribution is 2.38. The molecule has 1 N–H and O–H groups in total. The quantitative estimate of drug-likeness (QED) is 0.439. The zero-order valence-electron chi connectivity index (χ0n) is 16.9. The fourth-order valence-electron chi connectivity index (χ4n) is 2.87. The molecule has 1 fully saturated rings. The molecule has 0 spiro atoms. The molecule has 0 radical (unpaired) electrons. The lowest BCUT2D eigenvalue weighted by molar-refractivity contribution is -0.149. The van der Waals surface area contributed by atoms with Crippen molar-refractivity contribution >= 4 is 30.8 Å². The van der Waals surface area contributed by atoms with Crippen molar-refractivity contribution in [2.45, 2.75) is 51.2 Å². The minimum Gasteiger partial charge on any atom is -0.508 e. The zero-order valence-corrected chi connectivity index (χ0v) is 16.9. The van der Waals surface area contributed by atoms with Crippen LogP contribution in [0.4, 0.5) is 0 Å². The van der Waals surface area contributed by atoms with Crippen molar-refractivity contribution in [3.8, 4) is 5.75 Å². The van der Waals surface area contributed by atoms with Crippen molar-refractivity contribution in [3.05, 3.63) is 23.3 Å². The molecular formula is C19H25BO8. The van der Waals surface area contributed by atoms with E-state index in [0.29, 0.717) is 11.8 Å². The third kappa shape index (κ3) is 4.05. The summed E-state index contributed by atoms with van der Waals surface area (Å²) in [6, 6.07) is 2.82. The van der Waals surface area contributed by atoms with Gasteiger partial charge in [-0.1, -0.05) is 6.07 Å². The highest BCUT2D eigenvalue weighted by molar-refractivity contribution is 6.63. The third-order valence-corrected chi connectivity index (χ3v) is 5.31. The molecule has 1 saturated heterocycles. The topological polar surface area (TPSA) is 108 Å². The van der Waals surface area contributed by atoms with E-state index >= 15 is 0 Å². The van der Waals surface area contributed by atoms with Crippen LogP contribution in [0, 0.1) is 0 Å². The number of benzene rings is 1. The Morgan fingerprint density at radius 2 is 1.71 bits per heavy atom. The van der Waals surface area contributed by atoms with E-state index < -0.39 is 36.2 Å². The molecule has 1 aliphatic rings. The molecule has 2 rings (SSSR count). The molecule has 1 heterocycles. The van der Waals surface area contributed by atoms with Gasteiger partial charge < -0.3 is 23.9 Å². The van der Waals surface area contributed by atoms with Crippen LogP contribution >= 0.6 is 0 Å². The molecule has 1 aromatic carbocycles. The second-order valence-electron chi connectivity index (χ2n) is 7.61. The second kappa shape index (κ2) is 7.93.